The molecule has 114 valence electrons. The molecule has 1 heterocycles. The van der Waals surface area contributed by atoms with Crippen molar-refractivity contribution in [2.75, 3.05) is 6.54 Å². The molecule has 5 heteroatoms. The number of carboxylic acids is 1. The Morgan fingerprint density at radius 1 is 1.38 bits per heavy atom. The molecule has 0 spiro atoms. The van der Waals surface area contributed by atoms with Gasteiger partial charge in [0.1, 0.15) is 11.8 Å². The molecule has 2 rings (SSSR count). The van der Waals surface area contributed by atoms with Crippen LogP contribution in [0.4, 0.5) is 0 Å². The van der Waals surface area contributed by atoms with E-state index in [1.807, 2.05) is 13.8 Å². The predicted molar refractivity (Wildman–Crippen MR) is 78.5 cm³/mol. The summed E-state index contributed by atoms with van der Waals surface area (Å²) >= 11 is 0. The van der Waals surface area contributed by atoms with Gasteiger partial charge in [-0.25, -0.2) is 4.79 Å². The van der Waals surface area contributed by atoms with Crippen molar-refractivity contribution in [3.63, 3.8) is 0 Å². The third kappa shape index (κ3) is 3.54. The molecule has 1 unspecified atom stereocenters. The number of carbonyl (C=O) groups excluding carboxylic acids is 1. The van der Waals surface area contributed by atoms with Crippen LogP contribution >= 0.6 is 0 Å². The second-order valence-corrected chi connectivity index (χ2v) is 5.36. The number of carboxylic acid groups (broad SMARTS) is 1. The average Bonchev–Trinajstić information content (AvgIpc) is 2.96. The Morgan fingerprint density at radius 3 is 2.62 bits per heavy atom. The number of hydrogen-bond donors (Lipinski definition) is 1. The van der Waals surface area contributed by atoms with Crippen LogP contribution in [0.5, 0.6) is 5.75 Å². The molecule has 1 aromatic rings. The number of ether oxygens (including phenoxy) is 1. The van der Waals surface area contributed by atoms with Gasteiger partial charge in [0.05, 0.1) is 6.10 Å². The number of carbonyl (C=O) groups is 2. The summed E-state index contributed by atoms with van der Waals surface area (Å²) in [5, 5.41) is 9.14. The number of aliphatic carboxylic acids is 1. The van der Waals surface area contributed by atoms with Gasteiger partial charge in [-0.05, 0) is 50.5 Å². The summed E-state index contributed by atoms with van der Waals surface area (Å²) in [4.78, 5) is 25.0. The second kappa shape index (κ2) is 6.61. The Kier molecular flexibility index (Phi) is 4.83. The van der Waals surface area contributed by atoms with Gasteiger partial charge in [-0.1, -0.05) is 6.92 Å². The van der Waals surface area contributed by atoms with Gasteiger partial charge >= 0.3 is 5.97 Å². The minimum Gasteiger partial charge on any atom is -0.491 e. The zero-order valence-corrected chi connectivity index (χ0v) is 12.4. The lowest BCUT2D eigenvalue weighted by atomic mass is 10.1. The van der Waals surface area contributed by atoms with Crippen molar-refractivity contribution in [3.05, 3.63) is 29.8 Å². The Balaban J connectivity index is 2.07. The summed E-state index contributed by atoms with van der Waals surface area (Å²) < 4.78 is 5.66. The second-order valence-electron chi connectivity index (χ2n) is 5.36. The summed E-state index contributed by atoms with van der Waals surface area (Å²) in [6, 6.07) is 6.19. The van der Waals surface area contributed by atoms with Crippen molar-refractivity contribution >= 4 is 11.9 Å². The molecule has 0 aliphatic carbocycles. The number of rotatable bonds is 5. The standard InChI is InChI=1S/C16H21NO4/c1-3-11(2)21-13-8-6-12(7-9-13)15(18)17-10-4-5-14(17)16(19)20/h6-9,11,14H,3-5,10H2,1-2H3,(H,19,20)/t11?,14-/m0/s1. The third-order valence-corrected chi connectivity index (χ3v) is 3.81. The Morgan fingerprint density at radius 2 is 2.05 bits per heavy atom. The topological polar surface area (TPSA) is 66.8 Å². The molecular formula is C16H21NO4. The van der Waals surface area contributed by atoms with Gasteiger partial charge in [-0.2, -0.15) is 0 Å². The molecule has 1 N–H and O–H groups in total. The lowest BCUT2D eigenvalue weighted by Crippen LogP contribution is -2.40. The zero-order chi connectivity index (χ0) is 15.4. The van der Waals surface area contributed by atoms with E-state index in [-0.39, 0.29) is 12.0 Å². The first-order chi connectivity index (χ1) is 10.0. The van der Waals surface area contributed by atoms with E-state index in [4.69, 9.17) is 9.84 Å². The van der Waals surface area contributed by atoms with Gasteiger partial charge in [-0.3, -0.25) is 4.79 Å². The fraction of sp³-hybridized carbons (Fsp3) is 0.500. The van der Waals surface area contributed by atoms with Gasteiger partial charge in [0, 0.05) is 12.1 Å². The molecule has 1 aliphatic heterocycles. The highest BCUT2D eigenvalue weighted by atomic mass is 16.5. The SMILES string of the molecule is CCC(C)Oc1ccc(C(=O)N2CCC[C@H]2C(=O)O)cc1. The van der Waals surface area contributed by atoms with Gasteiger partial charge in [-0.15, -0.1) is 0 Å². The Hall–Kier alpha value is -2.04. The van der Waals surface area contributed by atoms with Crippen LogP contribution in [0.1, 0.15) is 43.5 Å². The number of hydrogen-bond acceptors (Lipinski definition) is 3. The molecule has 0 radical (unpaired) electrons. The lowest BCUT2D eigenvalue weighted by Gasteiger charge is -2.21. The summed E-state index contributed by atoms with van der Waals surface area (Å²) in [6.45, 7) is 4.53. The van der Waals surface area contributed by atoms with Crippen LogP contribution in [0.15, 0.2) is 24.3 Å². The van der Waals surface area contributed by atoms with Gasteiger partial charge < -0.3 is 14.7 Å². The first kappa shape index (κ1) is 15.4. The number of nitrogens with zero attached hydrogens (tertiary/aromatic N) is 1. The maximum Gasteiger partial charge on any atom is 0.326 e. The van der Waals surface area contributed by atoms with Gasteiger partial charge in [0.2, 0.25) is 0 Å². The van der Waals surface area contributed by atoms with E-state index in [1.165, 1.54) is 4.90 Å². The van der Waals surface area contributed by atoms with Crippen LogP contribution < -0.4 is 4.74 Å². The average molecular weight is 291 g/mol. The molecule has 5 nitrogen and oxygen atoms in total. The summed E-state index contributed by atoms with van der Waals surface area (Å²) in [7, 11) is 0. The molecule has 1 aliphatic rings. The van der Waals surface area contributed by atoms with Crippen LogP contribution in [0.25, 0.3) is 0 Å². The largest absolute Gasteiger partial charge is 0.491 e. The molecular weight excluding hydrogens is 270 g/mol. The van der Waals surface area contributed by atoms with E-state index in [9.17, 15) is 9.59 Å². The third-order valence-electron chi connectivity index (χ3n) is 3.81. The summed E-state index contributed by atoms with van der Waals surface area (Å²) in [6.07, 6.45) is 2.30. The van der Waals surface area contributed by atoms with Crippen molar-refractivity contribution < 1.29 is 19.4 Å². The van der Waals surface area contributed by atoms with Gasteiger partial charge in [0.25, 0.3) is 5.91 Å². The van der Waals surface area contributed by atoms with Crippen molar-refractivity contribution in [2.24, 2.45) is 0 Å². The molecule has 0 saturated carbocycles. The van der Waals surface area contributed by atoms with E-state index in [1.54, 1.807) is 24.3 Å². The normalized spacial score (nSPS) is 19.3. The van der Waals surface area contributed by atoms with E-state index < -0.39 is 12.0 Å². The predicted octanol–water partition coefficient (Wildman–Crippen LogP) is 2.55. The Labute approximate surface area is 124 Å². The molecule has 1 fully saturated rings. The monoisotopic (exact) mass is 291 g/mol. The highest BCUT2D eigenvalue weighted by Gasteiger charge is 2.34. The van der Waals surface area contributed by atoms with E-state index in [2.05, 4.69) is 0 Å². The fourth-order valence-corrected chi connectivity index (χ4v) is 2.42. The molecule has 1 saturated heterocycles. The van der Waals surface area contributed by atoms with Gasteiger partial charge in [0.15, 0.2) is 0 Å². The summed E-state index contributed by atoms with van der Waals surface area (Å²) in [5.41, 5.74) is 0.500. The lowest BCUT2D eigenvalue weighted by molar-refractivity contribution is -0.141. The quantitative estimate of drug-likeness (QED) is 0.905. The number of likely N-dealkylation sites (tertiary alicyclic amines) is 1. The molecule has 1 amide bonds. The van der Waals surface area contributed by atoms with Crippen LogP contribution in [0.3, 0.4) is 0 Å². The van der Waals surface area contributed by atoms with Crippen molar-refractivity contribution in [2.45, 2.75) is 45.3 Å². The van der Waals surface area contributed by atoms with Crippen LogP contribution in [0, 0.1) is 0 Å². The fourth-order valence-electron chi connectivity index (χ4n) is 2.42. The maximum atomic E-state index is 12.4. The minimum atomic E-state index is -0.933. The van der Waals surface area contributed by atoms with Crippen LogP contribution in [0.2, 0.25) is 0 Å². The minimum absolute atomic E-state index is 0.126. The molecule has 1 aromatic carbocycles. The number of benzene rings is 1. The molecule has 0 aromatic heterocycles. The van der Waals surface area contributed by atoms with E-state index >= 15 is 0 Å². The molecule has 0 bridgehead atoms. The first-order valence-electron chi connectivity index (χ1n) is 7.33. The summed E-state index contributed by atoms with van der Waals surface area (Å²) in [5.74, 6) is -0.440. The van der Waals surface area contributed by atoms with Crippen molar-refractivity contribution in [1.82, 2.24) is 4.90 Å². The maximum absolute atomic E-state index is 12.4. The highest BCUT2D eigenvalue weighted by molar-refractivity contribution is 5.97. The van der Waals surface area contributed by atoms with Crippen molar-refractivity contribution in [1.29, 1.82) is 0 Å². The highest BCUT2D eigenvalue weighted by Crippen LogP contribution is 2.22. The van der Waals surface area contributed by atoms with Crippen LogP contribution in [-0.2, 0) is 4.79 Å². The molecule has 21 heavy (non-hydrogen) atoms. The van der Waals surface area contributed by atoms with E-state index in [0.717, 1.165) is 18.6 Å². The molecule has 2 atom stereocenters. The first-order valence-corrected chi connectivity index (χ1v) is 7.33. The van der Waals surface area contributed by atoms with E-state index in [0.29, 0.717) is 18.5 Å². The Bertz CT molecular complexity index is 512. The zero-order valence-electron chi connectivity index (χ0n) is 12.4. The van der Waals surface area contributed by atoms with Crippen molar-refractivity contribution in [3.8, 4) is 5.75 Å². The smallest absolute Gasteiger partial charge is 0.326 e. The van der Waals surface area contributed by atoms with Crippen LogP contribution in [-0.4, -0.2) is 40.6 Å². The number of amides is 1.